The molecule has 0 fully saturated rings. The third-order valence-corrected chi connectivity index (χ3v) is 4.26. The third-order valence-electron chi connectivity index (χ3n) is 2.79. The first-order valence-electron chi connectivity index (χ1n) is 6.54. The van der Waals surface area contributed by atoms with Gasteiger partial charge in [0.25, 0.3) is 0 Å². The van der Waals surface area contributed by atoms with E-state index in [0.717, 1.165) is 11.4 Å². The van der Waals surface area contributed by atoms with Gasteiger partial charge in [-0.1, -0.05) is 0 Å². The lowest BCUT2D eigenvalue weighted by Gasteiger charge is -2.07. The summed E-state index contributed by atoms with van der Waals surface area (Å²) in [6.45, 7) is 5.08. The van der Waals surface area contributed by atoms with E-state index in [1.54, 1.807) is 0 Å². The fourth-order valence-electron chi connectivity index (χ4n) is 1.83. The minimum atomic E-state index is -3.20. The van der Waals surface area contributed by atoms with Crippen molar-refractivity contribution in [3.05, 3.63) is 17.5 Å². The van der Waals surface area contributed by atoms with Crippen molar-refractivity contribution in [3.8, 4) is 0 Å². The zero-order valence-corrected chi connectivity index (χ0v) is 12.4. The molecule has 1 rings (SSSR count). The molecule has 0 unspecified atom stereocenters. The van der Waals surface area contributed by atoms with Gasteiger partial charge in [-0.2, -0.15) is 5.10 Å². The van der Waals surface area contributed by atoms with Crippen molar-refractivity contribution >= 4 is 10.0 Å². The fraction of sp³-hybridized carbons (Fsp3) is 0.750. The minimum Gasteiger partial charge on any atom is -0.396 e. The van der Waals surface area contributed by atoms with E-state index >= 15 is 0 Å². The van der Waals surface area contributed by atoms with Gasteiger partial charge in [0.15, 0.2) is 0 Å². The molecule has 1 aromatic rings. The minimum absolute atomic E-state index is 0.0352. The monoisotopic (exact) mass is 289 g/mol. The maximum Gasteiger partial charge on any atom is 0.211 e. The number of nitrogens with one attached hydrogen (secondary N) is 1. The topological polar surface area (TPSA) is 84.2 Å². The molecule has 1 aromatic heterocycles. The van der Waals surface area contributed by atoms with Crippen molar-refractivity contribution in [2.24, 2.45) is 0 Å². The smallest absolute Gasteiger partial charge is 0.211 e. The van der Waals surface area contributed by atoms with Gasteiger partial charge in [0.05, 0.1) is 11.4 Å². The maximum absolute atomic E-state index is 11.6. The molecular formula is C12H23N3O3S. The van der Waals surface area contributed by atoms with E-state index in [0.29, 0.717) is 32.4 Å². The van der Waals surface area contributed by atoms with Crippen LogP contribution in [0.1, 0.15) is 30.7 Å². The highest BCUT2D eigenvalue weighted by Crippen LogP contribution is 2.02. The second-order valence-electron chi connectivity index (χ2n) is 4.65. The van der Waals surface area contributed by atoms with Gasteiger partial charge in [-0.3, -0.25) is 4.68 Å². The predicted molar refractivity (Wildman–Crippen MR) is 74.4 cm³/mol. The second-order valence-corrected chi connectivity index (χ2v) is 6.57. The average molecular weight is 289 g/mol. The van der Waals surface area contributed by atoms with Crippen molar-refractivity contribution in [1.82, 2.24) is 14.5 Å². The Kier molecular flexibility index (Phi) is 6.47. The van der Waals surface area contributed by atoms with Gasteiger partial charge < -0.3 is 5.11 Å². The van der Waals surface area contributed by atoms with Crippen molar-refractivity contribution in [1.29, 1.82) is 0 Å². The Hall–Kier alpha value is -0.920. The van der Waals surface area contributed by atoms with Crippen molar-refractivity contribution in [3.63, 3.8) is 0 Å². The normalized spacial score (nSPS) is 11.9. The van der Waals surface area contributed by atoms with Crippen LogP contribution in [-0.2, 0) is 16.6 Å². The lowest BCUT2D eigenvalue weighted by molar-refractivity contribution is 0.287. The number of unbranched alkanes of at least 4 members (excludes halogenated alkanes) is 1. The molecule has 0 amide bonds. The van der Waals surface area contributed by atoms with Gasteiger partial charge >= 0.3 is 0 Å². The predicted octanol–water partition coefficient (Wildman–Crippen LogP) is 0.582. The summed E-state index contributed by atoms with van der Waals surface area (Å²) in [5.74, 6) is 0.0769. The summed E-state index contributed by atoms with van der Waals surface area (Å²) in [7, 11) is -3.20. The summed E-state index contributed by atoms with van der Waals surface area (Å²) in [6.07, 6.45) is 1.72. The summed E-state index contributed by atoms with van der Waals surface area (Å²) in [5, 5.41) is 12.9. The van der Waals surface area contributed by atoms with Gasteiger partial charge in [0, 0.05) is 25.4 Å². The molecule has 1 heterocycles. The summed E-state index contributed by atoms with van der Waals surface area (Å²) in [4.78, 5) is 0. The molecule has 0 radical (unpaired) electrons. The van der Waals surface area contributed by atoms with Crippen LogP contribution in [0.15, 0.2) is 6.07 Å². The van der Waals surface area contributed by atoms with Crippen LogP contribution in [-0.4, -0.2) is 42.2 Å². The van der Waals surface area contributed by atoms with Crippen LogP contribution >= 0.6 is 0 Å². The molecular weight excluding hydrogens is 266 g/mol. The molecule has 0 aromatic carbocycles. The van der Waals surface area contributed by atoms with Gasteiger partial charge in [-0.05, 0) is 39.2 Å². The molecule has 0 aliphatic carbocycles. The Morgan fingerprint density at radius 1 is 1.32 bits per heavy atom. The van der Waals surface area contributed by atoms with Gasteiger partial charge in [-0.15, -0.1) is 0 Å². The zero-order valence-electron chi connectivity index (χ0n) is 11.6. The van der Waals surface area contributed by atoms with E-state index in [2.05, 4.69) is 9.82 Å². The number of aliphatic hydroxyl groups is 1. The lowest BCUT2D eigenvalue weighted by atomic mass is 10.4. The first-order chi connectivity index (χ1) is 8.94. The number of rotatable bonds is 9. The van der Waals surface area contributed by atoms with Crippen molar-refractivity contribution in [2.45, 2.75) is 39.7 Å². The Morgan fingerprint density at radius 2 is 2.05 bits per heavy atom. The largest absolute Gasteiger partial charge is 0.396 e. The Morgan fingerprint density at radius 3 is 2.63 bits per heavy atom. The molecule has 0 bridgehead atoms. The van der Waals surface area contributed by atoms with Crippen LogP contribution in [0.3, 0.4) is 0 Å². The van der Waals surface area contributed by atoms with E-state index in [9.17, 15) is 8.42 Å². The number of aryl methyl sites for hydroxylation is 3. The Balaban J connectivity index is 2.25. The quantitative estimate of drug-likeness (QED) is 0.651. The van der Waals surface area contributed by atoms with Crippen molar-refractivity contribution in [2.75, 3.05) is 18.9 Å². The van der Waals surface area contributed by atoms with Crippen LogP contribution in [0, 0.1) is 13.8 Å². The van der Waals surface area contributed by atoms with E-state index in [4.69, 9.17) is 5.11 Å². The number of hydrogen-bond acceptors (Lipinski definition) is 4. The average Bonchev–Trinajstić information content (AvgIpc) is 2.64. The van der Waals surface area contributed by atoms with Gasteiger partial charge in [0.2, 0.25) is 10.0 Å². The number of sulfonamides is 1. The standard InChI is InChI=1S/C12H23N3O3S/c1-11-10-12(2)15(14-11)7-5-6-13-19(17,18)9-4-3-8-16/h10,13,16H,3-9H2,1-2H3. The molecule has 0 saturated carbocycles. The fourth-order valence-corrected chi connectivity index (χ4v) is 3.02. The first-order valence-corrected chi connectivity index (χ1v) is 8.19. The summed E-state index contributed by atoms with van der Waals surface area (Å²) in [5.41, 5.74) is 2.06. The number of hydrogen-bond donors (Lipinski definition) is 2. The van der Waals surface area contributed by atoms with E-state index in [1.807, 2.05) is 24.6 Å². The highest BCUT2D eigenvalue weighted by Gasteiger charge is 2.08. The third kappa shape index (κ3) is 6.17. The summed E-state index contributed by atoms with van der Waals surface area (Å²) >= 11 is 0. The zero-order chi connectivity index (χ0) is 14.3. The van der Waals surface area contributed by atoms with E-state index in [-0.39, 0.29) is 12.4 Å². The van der Waals surface area contributed by atoms with Crippen LogP contribution in [0.2, 0.25) is 0 Å². The first kappa shape index (κ1) is 16.1. The Labute approximate surface area is 114 Å². The van der Waals surface area contributed by atoms with Crippen LogP contribution < -0.4 is 4.72 Å². The van der Waals surface area contributed by atoms with E-state index < -0.39 is 10.0 Å². The SMILES string of the molecule is Cc1cc(C)n(CCCNS(=O)(=O)CCCCO)n1. The highest BCUT2D eigenvalue weighted by molar-refractivity contribution is 7.89. The molecule has 7 heteroatoms. The van der Waals surface area contributed by atoms with Crippen LogP contribution in [0.5, 0.6) is 0 Å². The molecule has 6 nitrogen and oxygen atoms in total. The number of aromatic nitrogens is 2. The highest BCUT2D eigenvalue weighted by atomic mass is 32.2. The molecule has 0 spiro atoms. The summed E-state index contributed by atoms with van der Waals surface area (Å²) < 4.78 is 27.6. The van der Waals surface area contributed by atoms with Crippen LogP contribution in [0.25, 0.3) is 0 Å². The Bertz CT molecular complexity index is 482. The number of aliphatic hydroxyl groups excluding tert-OH is 1. The van der Waals surface area contributed by atoms with Crippen molar-refractivity contribution < 1.29 is 13.5 Å². The molecule has 110 valence electrons. The van der Waals surface area contributed by atoms with Gasteiger partial charge in [-0.25, -0.2) is 13.1 Å². The molecule has 0 saturated heterocycles. The van der Waals surface area contributed by atoms with E-state index in [1.165, 1.54) is 0 Å². The molecule has 19 heavy (non-hydrogen) atoms. The molecule has 0 aliphatic rings. The second kappa shape index (κ2) is 7.62. The van der Waals surface area contributed by atoms with Gasteiger partial charge in [0.1, 0.15) is 0 Å². The molecule has 2 N–H and O–H groups in total. The molecule has 0 aliphatic heterocycles. The maximum atomic E-state index is 11.6. The number of nitrogens with zero attached hydrogens (tertiary/aromatic N) is 2. The lowest BCUT2D eigenvalue weighted by Crippen LogP contribution is -2.28. The van der Waals surface area contributed by atoms with Crippen LogP contribution in [0.4, 0.5) is 0 Å². The molecule has 0 atom stereocenters. The summed E-state index contributed by atoms with van der Waals surface area (Å²) in [6, 6.07) is 2.00.